The maximum absolute atomic E-state index is 14.6. The van der Waals surface area contributed by atoms with Gasteiger partial charge in [0.1, 0.15) is 17.3 Å². The minimum Gasteiger partial charge on any atom is -0.457 e. The molecule has 4 rings (SSSR count). The molecule has 1 unspecified atom stereocenters. The van der Waals surface area contributed by atoms with Gasteiger partial charge in [-0.05, 0) is 73.3 Å². The Labute approximate surface area is 199 Å². The maximum Gasteiger partial charge on any atom is 0.257 e. The van der Waals surface area contributed by atoms with Crippen LogP contribution in [0.3, 0.4) is 0 Å². The number of nitrogens with zero attached hydrogens (tertiary/aromatic N) is 2. The van der Waals surface area contributed by atoms with Gasteiger partial charge in [0.15, 0.2) is 0 Å². The molecule has 2 N–H and O–H groups in total. The molecular weight excluding hydrogens is 452 g/mol. The van der Waals surface area contributed by atoms with Gasteiger partial charge in [0.2, 0.25) is 0 Å². The number of nitrogens with two attached hydrogens (primary N) is 1. The average molecular weight is 478 g/mol. The molecule has 1 aliphatic rings. The molecule has 3 aromatic rings. The fourth-order valence-electron chi connectivity index (χ4n) is 3.84. The van der Waals surface area contributed by atoms with Gasteiger partial charge < -0.3 is 15.4 Å². The molecule has 2 aromatic carbocycles. The van der Waals surface area contributed by atoms with E-state index in [2.05, 4.69) is 4.98 Å². The van der Waals surface area contributed by atoms with Crippen molar-refractivity contribution in [2.75, 3.05) is 13.1 Å². The van der Waals surface area contributed by atoms with Crippen LogP contribution in [0.1, 0.15) is 40.4 Å². The number of ether oxygens (including phenoxy) is 1. The molecule has 8 heteroatoms. The summed E-state index contributed by atoms with van der Waals surface area (Å²) >= 11 is 0. The molecule has 0 spiro atoms. The standard InChI is InChI=1S/C24H24FN3O2.2ClH/c25-22-10-9-20(30-19-7-5-17(6-8-19)11-12-26)15-21(22)24(29)28-14-2-4-23(28)18-3-1-13-27-16-18;;/h1,3,5-10,13,15-16,23H,2,4,11-12,14,26H2;2*1H. The van der Waals surface area contributed by atoms with Crippen molar-refractivity contribution >= 4 is 30.7 Å². The summed E-state index contributed by atoms with van der Waals surface area (Å²) in [6.45, 7) is 1.17. The second kappa shape index (κ2) is 11.8. The first-order valence-corrected chi connectivity index (χ1v) is 10.1. The fourth-order valence-corrected chi connectivity index (χ4v) is 3.84. The summed E-state index contributed by atoms with van der Waals surface area (Å²) in [5.41, 5.74) is 7.68. The van der Waals surface area contributed by atoms with Crippen molar-refractivity contribution < 1.29 is 13.9 Å². The molecule has 1 atom stereocenters. The van der Waals surface area contributed by atoms with E-state index in [9.17, 15) is 9.18 Å². The van der Waals surface area contributed by atoms with Gasteiger partial charge in [-0.3, -0.25) is 9.78 Å². The van der Waals surface area contributed by atoms with E-state index < -0.39 is 5.82 Å². The van der Waals surface area contributed by atoms with Gasteiger partial charge in [0, 0.05) is 18.9 Å². The number of rotatable bonds is 6. The Balaban J connectivity index is 0.00000181. The lowest BCUT2D eigenvalue weighted by molar-refractivity contribution is 0.0730. The number of aromatic nitrogens is 1. The summed E-state index contributed by atoms with van der Waals surface area (Å²) in [5, 5.41) is 0. The second-order valence-electron chi connectivity index (χ2n) is 7.37. The highest BCUT2D eigenvalue weighted by molar-refractivity contribution is 5.95. The van der Waals surface area contributed by atoms with Crippen LogP contribution < -0.4 is 10.5 Å². The summed E-state index contributed by atoms with van der Waals surface area (Å²) in [6.07, 6.45) is 5.97. The van der Waals surface area contributed by atoms with E-state index in [1.54, 1.807) is 17.3 Å². The van der Waals surface area contributed by atoms with Crippen LogP contribution in [0.15, 0.2) is 67.0 Å². The van der Waals surface area contributed by atoms with Crippen molar-refractivity contribution in [3.8, 4) is 11.5 Å². The van der Waals surface area contributed by atoms with E-state index in [-0.39, 0.29) is 42.3 Å². The lowest BCUT2D eigenvalue weighted by atomic mass is 10.1. The number of likely N-dealkylation sites (tertiary alicyclic amines) is 1. The largest absolute Gasteiger partial charge is 0.457 e. The molecule has 0 saturated carbocycles. The van der Waals surface area contributed by atoms with Crippen LogP contribution in [-0.2, 0) is 6.42 Å². The van der Waals surface area contributed by atoms with Crippen LogP contribution >= 0.6 is 24.8 Å². The quantitative estimate of drug-likeness (QED) is 0.520. The van der Waals surface area contributed by atoms with Crippen LogP contribution in [0.4, 0.5) is 4.39 Å². The first kappa shape index (κ1) is 25.6. The molecule has 0 bridgehead atoms. The maximum atomic E-state index is 14.6. The topological polar surface area (TPSA) is 68.5 Å². The van der Waals surface area contributed by atoms with Gasteiger partial charge in [-0.2, -0.15) is 0 Å². The molecule has 0 aliphatic carbocycles. The van der Waals surface area contributed by atoms with E-state index >= 15 is 0 Å². The zero-order valence-electron chi connectivity index (χ0n) is 17.4. The Morgan fingerprint density at radius 2 is 1.88 bits per heavy atom. The molecule has 170 valence electrons. The van der Waals surface area contributed by atoms with Crippen LogP contribution in [0.2, 0.25) is 0 Å². The number of pyridine rings is 1. The minimum absolute atomic E-state index is 0. The highest BCUT2D eigenvalue weighted by Crippen LogP contribution is 2.34. The van der Waals surface area contributed by atoms with Crippen molar-refractivity contribution in [2.45, 2.75) is 25.3 Å². The third-order valence-corrected chi connectivity index (χ3v) is 5.34. The van der Waals surface area contributed by atoms with Crippen molar-refractivity contribution in [3.05, 3.63) is 89.5 Å². The van der Waals surface area contributed by atoms with Crippen molar-refractivity contribution in [1.82, 2.24) is 9.88 Å². The molecule has 5 nitrogen and oxygen atoms in total. The third-order valence-electron chi connectivity index (χ3n) is 5.34. The highest BCUT2D eigenvalue weighted by atomic mass is 35.5. The summed E-state index contributed by atoms with van der Waals surface area (Å²) in [4.78, 5) is 19.0. The van der Waals surface area contributed by atoms with Gasteiger partial charge in [-0.25, -0.2) is 4.39 Å². The summed E-state index contributed by atoms with van der Waals surface area (Å²) in [7, 11) is 0. The molecule has 1 aromatic heterocycles. The van der Waals surface area contributed by atoms with Crippen molar-refractivity contribution in [1.29, 1.82) is 0 Å². The first-order valence-electron chi connectivity index (χ1n) is 10.1. The Morgan fingerprint density at radius 3 is 2.56 bits per heavy atom. The number of hydrogen-bond acceptors (Lipinski definition) is 4. The van der Waals surface area contributed by atoms with Crippen molar-refractivity contribution in [2.24, 2.45) is 5.73 Å². The lowest BCUT2D eigenvalue weighted by Gasteiger charge is -2.25. The molecular formula is C24H26Cl2FN3O2. The second-order valence-corrected chi connectivity index (χ2v) is 7.37. The zero-order chi connectivity index (χ0) is 20.9. The number of carbonyl (C=O) groups excluding carboxylic acids is 1. The Morgan fingerprint density at radius 1 is 1.12 bits per heavy atom. The molecule has 1 saturated heterocycles. The van der Waals surface area contributed by atoms with E-state index in [0.717, 1.165) is 30.4 Å². The zero-order valence-corrected chi connectivity index (χ0v) is 19.1. The molecule has 1 fully saturated rings. The summed E-state index contributed by atoms with van der Waals surface area (Å²) in [5.74, 6) is 0.156. The molecule has 2 heterocycles. The molecule has 1 aliphatic heterocycles. The molecule has 0 radical (unpaired) electrons. The fraction of sp³-hybridized carbons (Fsp3) is 0.250. The predicted octanol–water partition coefficient (Wildman–Crippen LogP) is 5.34. The monoisotopic (exact) mass is 477 g/mol. The number of carbonyl (C=O) groups is 1. The van der Waals surface area contributed by atoms with Crippen LogP contribution in [0.25, 0.3) is 0 Å². The Bertz CT molecular complexity index is 1020. The van der Waals surface area contributed by atoms with Gasteiger partial charge in [-0.1, -0.05) is 18.2 Å². The highest BCUT2D eigenvalue weighted by Gasteiger charge is 2.32. The van der Waals surface area contributed by atoms with Gasteiger partial charge in [-0.15, -0.1) is 24.8 Å². The Kier molecular flexibility index (Phi) is 9.44. The van der Waals surface area contributed by atoms with E-state index in [1.165, 1.54) is 18.2 Å². The van der Waals surface area contributed by atoms with E-state index in [4.69, 9.17) is 10.5 Å². The lowest BCUT2D eigenvalue weighted by Crippen LogP contribution is -2.31. The van der Waals surface area contributed by atoms with E-state index in [1.807, 2.05) is 36.4 Å². The SMILES string of the molecule is Cl.Cl.NCCc1ccc(Oc2ccc(F)c(C(=O)N3CCCC3c3cccnc3)c2)cc1. The molecule has 1 amide bonds. The summed E-state index contributed by atoms with van der Waals surface area (Å²) < 4.78 is 20.4. The average Bonchev–Trinajstić information content (AvgIpc) is 3.27. The first-order chi connectivity index (χ1) is 14.7. The number of amides is 1. The van der Waals surface area contributed by atoms with Crippen molar-refractivity contribution in [3.63, 3.8) is 0 Å². The normalized spacial score (nSPS) is 14.9. The molecule has 32 heavy (non-hydrogen) atoms. The van der Waals surface area contributed by atoms with Crippen LogP contribution in [-0.4, -0.2) is 28.9 Å². The summed E-state index contributed by atoms with van der Waals surface area (Å²) in [6, 6.07) is 15.6. The van der Waals surface area contributed by atoms with Gasteiger partial charge in [0.05, 0.1) is 11.6 Å². The van der Waals surface area contributed by atoms with E-state index in [0.29, 0.717) is 24.6 Å². The van der Waals surface area contributed by atoms with Gasteiger partial charge in [0.25, 0.3) is 5.91 Å². The Hall–Kier alpha value is -2.67. The number of hydrogen-bond donors (Lipinski definition) is 1. The number of benzene rings is 2. The smallest absolute Gasteiger partial charge is 0.257 e. The van der Waals surface area contributed by atoms with Crippen LogP contribution in [0.5, 0.6) is 11.5 Å². The van der Waals surface area contributed by atoms with Gasteiger partial charge >= 0.3 is 0 Å². The predicted molar refractivity (Wildman–Crippen MR) is 127 cm³/mol. The minimum atomic E-state index is -0.553. The third kappa shape index (κ3) is 5.76. The van der Waals surface area contributed by atoms with Crippen LogP contribution in [0, 0.1) is 5.82 Å². The number of halogens is 3.